The number of aromatic nitrogens is 2. The summed E-state index contributed by atoms with van der Waals surface area (Å²) in [7, 11) is 0. The minimum absolute atomic E-state index is 0.192. The second-order valence-corrected chi connectivity index (χ2v) is 5.73. The topological polar surface area (TPSA) is 50.2 Å². The van der Waals surface area contributed by atoms with E-state index < -0.39 is 0 Å². The Morgan fingerprint density at radius 2 is 2.32 bits per heavy atom. The molecule has 1 aliphatic heterocycles. The van der Waals surface area contributed by atoms with Gasteiger partial charge in [0.2, 0.25) is 0 Å². The Morgan fingerprint density at radius 3 is 3.05 bits per heavy atom. The second kappa shape index (κ2) is 6.17. The summed E-state index contributed by atoms with van der Waals surface area (Å²) >= 11 is 0. The maximum atomic E-state index is 13.2. The van der Waals surface area contributed by atoms with Gasteiger partial charge in [-0.25, -0.2) is 14.2 Å². The Labute approximate surface area is 128 Å². The molecule has 0 aliphatic carbocycles. The standard InChI is InChI=1S/C16H19FN4O/c1-12-5-7-20(10-15(12)21-8-6-18-11-21)16(22)19-14-4-2-3-13(17)9-14/h2-4,6,8-9,11-12,15H,5,7,10H2,1H3,(H,19,22)/t12-,15-/m0/s1. The molecule has 0 spiro atoms. The Kier molecular flexibility index (Phi) is 4.09. The average molecular weight is 302 g/mol. The third kappa shape index (κ3) is 3.10. The molecule has 2 heterocycles. The summed E-state index contributed by atoms with van der Waals surface area (Å²) < 4.78 is 15.2. The molecule has 116 valence electrons. The van der Waals surface area contributed by atoms with Crippen LogP contribution in [0.1, 0.15) is 19.4 Å². The summed E-state index contributed by atoms with van der Waals surface area (Å²) in [6.45, 7) is 3.51. The van der Waals surface area contributed by atoms with E-state index in [9.17, 15) is 9.18 Å². The van der Waals surface area contributed by atoms with Gasteiger partial charge in [-0.15, -0.1) is 0 Å². The molecule has 0 unspecified atom stereocenters. The monoisotopic (exact) mass is 302 g/mol. The van der Waals surface area contributed by atoms with Gasteiger partial charge in [-0.05, 0) is 30.5 Å². The van der Waals surface area contributed by atoms with E-state index in [-0.39, 0.29) is 17.9 Å². The molecule has 0 radical (unpaired) electrons. The molecule has 1 aromatic carbocycles. The number of benzene rings is 1. The molecule has 1 N–H and O–H groups in total. The van der Waals surface area contributed by atoms with Gasteiger partial charge in [-0.3, -0.25) is 0 Å². The van der Waals surface area contributed by atoms with Crippen LogP contribution in [0.2, 0.25) is 0 Å². The number of likely N-dealkylation sites (tertiary alicyclic amines) is 1. The molecule has 3 rings (SSSR count). The van der Waals surface area contributed by atoms with E-state index in [1.807, 2.05) is 10.8 Å². The van der Waals surface area contributed by atoms with Gasteiger partial charge in [-0.1, -0.05) is 13.0 Å². The van der Waals surface area contributed by atoms with E-state index in [1.165, 1.54) is 12.1 Å². The lowest BCUT2D eigenvalue weighted by Gasteiger charge is -2.37. The molecule has 0 saturated carbocycles. The van der Waals surface area contributed by atoms with Crippen molar-refractivity contribution in [3.63, 3.8) is 0 Å². The number of hydrogen-bond acceptors (Lipinski definition) is 2. The van der Waals surface area contributed by atoms with Gasteiger partial charge >= 0.3 is 6.03 Å². The van der Waals surface area contributed by atoms with Crippen molar-refractivity contribution in [3.05, 3.63) is 48.8 Å². The lowest BCUT2D eigenvalue weighted by molar-refractivity contribution is 0.149. The Bertz CT molecular complexity index is 643. The zero-order valence-electron chi connectivity index (χ0n) is 12.4. The molecule has 1 fully saturated rings. The highest BCUT2D eigenvalue weighted by Gasteiger charge is 2.29. The molecular formula is C16H19FN4O. The molecule has 5 nitrogen and oxygen atoms in total. The van der Waals surface area contributed by atoms with Gasteiger partial charge in [0.15, 0.2) is 0 Å². The number of piperidine rings is 1. The van der Waals surface area contributed by atoms with Crippen molar-refractivity contribution in [2.75, 3.05) is 18.4 Å². The first-order chi connectivity index (χ1) is 10.6. The summed E-state index contributed by atoms with van der Waals surface area (Å²) in [5.41, 5.74) is 0.475. The number of anilines is 1. The third-order valence-electron chi connectivity index (χ3n) is 4.19. The van der Waals surface area contributed by atoms with Gasteiger partial charge in [0.05, 0.1) is 12.4 Å². The van der Waals surface area contributed by atoms with E-state index in [4.69, 9.17) is 0 Å². The second-order valence-electron chi connectivity index (χ2n) is 5.73. The van der Waals surface area contributed by atoms with E-state index in [1.54, 1.807) is 29.6 Å². The molecule has 2 aromatic rings. The molecule has 1 aliphatic rings. The quantitative estimate of drug-likeness (QED) is 0.926. The number of carbonyl (C=O) groups is 1. The van der Waals surface area contributed by atoms with Crippen LogP contribution in [0.5, 0.6) is 0 Å². The molecule has 0 bridgehead atoms. The number of amides is 2. The van der Waals surface area contributed by atoms with E-state index >= 15 is 0 Å². The smallest absolute Gasteiger partial charge is 0.321 e. The highest BCUT2D eigenvalue weighted by atomic mass is 19.1. The summed E-state index contributed by atoms with van der Waals surface area (Å²) in [6.07, 6.45) is 6.39. The van der Waals surface area contributed by atoms with Crippen LogP contribution in [0.4, 0.5) is 14.9 Å². The van der Waals surface area contributed by atoms with Crippen LogP contribution in [0.25, 0.3) is 0 Å². The van der Waals surface area contributed by atoms with Crippen LogP contribution in [0.15, 0.2) is 43.0 Å². The fourth-order valence-electron chi connectivity index (χ4n) is 2.86. The van der Waals surface area contributed by atoms with Crippen LogP contribution in [0.3, 0.4) is 0 Å². The Balaban J connectivity index is 1.68. The average Bonchev–Trinajstić information content (AvgIpc) is 3.01. The first kappa shape index (κ1) is 14.6. The van der Waals surface area contributed by atoms with Gasteiger partial charge in [0.25, 0.3) is 0 Å². The summed E-state index contributed by atoms with van der Waals surface area (Å²) in [4.78, 5) is 18.2. The van der Waals surface area contributed by atoms with Crippen molar-refractivity contribution in [1.29, 1.82) is 0 Å². The predicted molar refractivity (Wildman–Crippen MR) is 82.0 cm³/mol. The van der Waals surface area contributed by atoms with Gasteiger partial charge < -0.3 is 14.8 Å². The molecule has 1 aromatic heterocycles. The lowest BCUT2D eigenvalue weighted by Crippen LogP contribution is -2.45. The van der Waals surface area contributed by atoms with E-state index in [0.29, 0.717) is 24.7 Å². The van der Waals surface area contributed by atoms with Crippen LogP contribution in [-0.2, 0) is 0 Å². The third-order valence-corrected chi connectivity index (χ3v) is 4.19. The molecule has 6 heteroatoms. The van der Waals surface area contributed by atoms with E-state index in [2.05, 4.69) is 17.2 Å². The number of hydrogen-bond donors (Lipinski definition) is 1. The summed E-state index contributed by atoms with van der Waals surface area (Å²) in [6, 6.07) is 5.96. The number of nitrogens with one attached hydrogen (secondary N) is 1. The SMILES string of the molecule is C[C@H]1CCN(C(=O)Nc2cccc(F)c2)C[C@@H]1n1ccnc1. The van der Waals surface area contributed by atoms with Crippen molar-refractivity contribution in [2.45, 2.75) is 19.4 Å². The first-order valence-electron chi connectivity index (χ1n) is 7.42. The number of urea groups is 1. The lowest BCUT2D eigenvalue weighted by atomic mass is 9.93. The Hall–Kier alpha value is -2.37. The van der Waals surface area contributed by atoms with Crippen LogP contribution < -0.4 is 5.32 Å². The number of halogens is 1. The molecular weight excluding hydrogens is 283 g/mol. The maximum Gasteiger partial charge on any atom is 0.321 e. The van der Waals surface area contributed by atoms with Crippen molar-refractivity contribution < 1.29 is 9.18 Å². The molecule has 1 saturated heterocycles. The molecule has 2 atom stereocenters. The number of carbonyl (C=O) groups excluding carboxylic acids is 1. The van der Waals surface area contributed by atoms with E-state index in [0.717, 1.165) is 6.42 Å². The first-order valence-corrected chi connectivity index (χ1v) is 7.42. The van der Waals surface area contributed by atoms with Crippen LogP contribution in [0, 0.1) is 11.7 Å². The van der Waals surface area contributed by atoms with Gasteiger partial charge in [0.1, 0.15) is 5.82 Å². The highest BCUT2D eigenvalue weighted by Crippen LogP contribution is 2.27. The largest absolute Gasteiger partial charge is 0.332 e. The number of imidazole rings is 1. The van der Waals surface area contributed by atoms with Gasteiger partial charge in [-0.2, -0.15) is 0 Å². The minimum atomic E-state index is -0.360. The van der Waals surface area contributed by atoms with Crippen molar-refractivity contribution in [2.24, 2.45) is 5.92 Å². The predicted octanol–water partition coefficient (Wildman–Crippen LogP) is 3.14. The molecule has 22 heavy (non-hydrogen) atoms. The Morgan fingerprint density at radius 1 is 1.45 bits per heavy atom. The summed E-state index contributed by atoms with van der Waals surface area (Å²) in [5, 5.41) is 2.76. The van der Waals surface area contributed by atoms with Crippen molar-refractivity contribution in [1.82, 2.24) is 14.5 Å². The fourth-order valence-corrected chi connectivity index (χ4v) is 2.86. The minimum Gasteiger partial charge on any atom is -0.332 e. The van der Waals surface area contributed by atoms with Crippen molar-refractivity contribution in [3.8, 4) is 0 Å². The zero-order chi connectivity index (χ0) is 15.5. The van der Waals surface area contributed by atoms with Gasteiger partial charge in [0, 0.05) is 31.2 Å². The van der Waals surface area contributed by atoms with Crippen LogP contribution in [-0.4, -0.2) is 33.6 Å². The normalized spacial score (nSPS) is 21.6. The fraction of sp³-hybridized carbons (Fsp3) is 0.375. The van der Waals surface area contributed by atoms with Crippen molar-refractivity contribution >= 4 is 11.7 Å². The zero-order valence-corrected chi connectivity index (χ0v) is 12.4. The summed E-state index contributed by atoms with van der Waals surface area (Å²) in [5.74, 6) is 0.119. The highest BCUT2D eigenvalue weighted by molar-refractivity contribution is 5.89. The van der Waals surface area contributed by atoms with Crippen LogP contribution >= 0.6 is 0 Å². The number of nitrogens with zero attached hydrogens (tertiary/aromatic N) is 3. The number of rotatable bonds is 2. The maximum absolute atomic E-state index is 13.2. The molecule has 2 amide bonds.